The van der Waals surface area contributed by atoms with Gasteiger partial charge in [-0.05, 0) is 50.2 Å². The Bertz CT molecular complexity index is 1280. The van der Waals surface area contributed by atoms with Gasteiger partial charge in [0.05, 0.1) is 47.7 Å². The SMILES string of the molecule is Cc1cc(N2CC(O)C(NC[C@H]3CN(c4ccc(C#N)c5ncccc45)C[C@@H](C)O3)C2)cc(CO)n1. The predicted octanol–water partition coefficient (Wildman–Crippen LogP) is 1.74. The third-order valence-electron chi connectivity index (χ3n) is 6.95. The van der Waals surface area contributed by atoms with Crippen molar-refractivity contribution >= 4 is 22.3 Å². The highest BCUT2D eigenvalue weighted by Crippen LogP contribution is 2.30. The van der Waals surface area contributed by atoms with E-state index in [0.29, 0.717) is 37.4 Å². The molecule has 188 valence electrons. The van der Waals surface area contributed by atoms with Gasteiger partial charge in [0, 0.05) is 61.4 Å². The van der Waals surface area contributed by atoms with E-state index in [1.165, 1.54) is 0 Å². The van der Waals surface area contributed by atoms with Gasteiger partial charge in [-0.1, -0.05) is 0 Å². The fraction of sp³-hybridized carbons (Fsp3) is 0.444. The van der Waals surface area contributed by atoms with Crippen LogP contribution in [-0.4, -0.2) is 77.3 Å². The summed E-state index contributed by atoms with van der Waals surface area (Å²) in [6.07, 6.45) is 1.19. The number of hydrogen-bond acceptors (Lipinski definition) is 9. The normalized spacial score (nSPS) is 24.3. The average molecular weight is 489 g/mol. The molecule has 0 saturated carbocycles. The molecule has 0 aliphatic carbocycles. The second-order valence-electron chi connectivity index (χ2n) is 9.72. The Morgan fingerprint density at radius 2 is 2.03 bits per heavy atom. The van der Waals surface area contributed by atoms with Crippen molar-refractivity contribution in [1.82, 2.24) is 15.3 Å². The van der Waals surface area contributed by atoms with Crippen LogP contribution in [0.5, 0.6) is 0 Å². The summed E-state index contributed by atoms with van der Waals surface area (Å²) in [4.78, 5) is 13.2. The maximum atomic E-state index is 10.7. The lowest BCUT2D eigenvalue weighted by Gasteiger charge is -2.39. The van der Waals surface area contributed by atoms with Crippen LogP contribution in [0.2, 0.25) is 0 Å². The number of nitrogens with zero attached hydrogens (tertiary/aromatic N) is 5. The third kappa shape index (κ3) is 4.99. The Hall–Kier alpha value is -3.29. The summed E-state index contributed by atoms with van der Waals surface area (Å²) in [5.74, 6) is 0. The largest absolute Gasteiger partial charge is 0.390 e. The van der Waals surface area contributed by atoms with Gasteiger partial charge in [0.2, 0.25) is 0 Å². The van der Waals surface area contributed by atoms with Crippen LogP contribution in [0.4, 0.5) is 11.4 Å². The second kappa shape index (κ2) is 10.4. The van der Waals surface area contributed by atoms with Crippen molar-refractivity contribution < 1.29 is 14.9 Å². The highest BCUT2D eigenvalue weighted by atomic mass is 16.5. The van der Waals surface area contributed by atoms with Crippen LogP contribution < -0.4 is 15.1 Å². The molecule has 4 atom stereocenters. The molecule has 36 heavy (non-hydrogen) atoms. The summed E-state index contributed by atoms with van der Waals surface area (Å²) in [6, 6.07) is 13.8. The topological polar surface area (TPSA) is 118 Å². The van der Waals surface area contributed by atoms with Crippen LogP contribution >= 0.6 is 0 Å². The molecule has 4 heterocycles. The molecule has 5 rings (SSSR count). The number of rotatable bonds is 6. The molecule has 9 nitrogen and oxygen atoms in total. The molecule has 0 bridgehead atoms. The van der Waals surface area contributed by atoms with Crippen LogP contribution in [-0.2, 0) is 11.3 Å². The molecular weight excluding hydrogens is 456 g/mol. The molecule has 2 aliphatic heterocycles. The number of ether oxygens (including phenoxy) is 1. The Morgan fingerprint density at radius 1 is 1.17 bits per heavy atom. The smallest absolute Gasteiger partial charge is 0.101 e. The maximum absolute atomic E-state index is 10.7. The first-order chi connectivity index (χ1) is 17.4. The first-order valence-electron chi connectivity index (χ1n) is 12.4. The zero-order valence-electron chi connectivity index (χ0n) is 20.6. The van der Waals surface area contributed by atoms with E-state index in [1.807, 2.05) is 43.3 Å². The highest BCUT2D eigenvalue weighted by molar-refractivity contribution is 5.95. The number of nitriles is 1. The van der Waals surface area contributed by atoms with Gasteiger partial charge < -0.3 is 30.1 Å². The molecule has 0 amide bonds. The van der Waals surface area contributed by atoms with Crippen LogP contribution in [0.15, 0.2) is 42.6 Å². The number of β-amino-alcohol motifs (C(OH)–C–C–N with tert-alkyl or cyclic N) is 1. The van der Waals surface area contributed by atoms with E-state index in [4.69, 9.17) is 4.74 Å². The Labute approximate surface area is 211 Å². The molecule has 2 aromatic heterocycles. The summed E-state index contributed by atoms with van der Waals surface area (Å²) in [7, 11) is 0. The van der Waals surface area contributed by atoms with Gasteiger partial charge in [-0.3, -0.25) is 9.97 Å². The number of benzene rings is 1. The molecule has 2 saturated heterocycles. The number of aryl methyl sites for hydroxylation is 1. The van der Waals surface area contributed by atoms with Gasteiger partial charge in [-0.25, -0.2) is 0 Å². The Balaban J connectivity index is 1.26. The van der Waals surface area contributed by atoms with Crippen LogP contribution in [0, 0.1) is 18.3 Å². The van der Waals surface area contributed by atoms with Gasteiger partial charge in [0.15, 0.2) is 0 Å². The fourth-order valence-electron chi connectivity index (χ4n) is 5.34. The van der Waals surface area contributed by atoms with Crippen molar-refractivity contribution in [3.63, 3.8) is 0 Å². The quantitative estimate of drug-likeness (QED) is 0.477. The number of pyridine rings is 2. The molecule has 1 aromatic carbocycles. The number of fused-ring (bicyclic) bond motifs is 1. The first kappa shape index (κ1) is 24.4. The lowest BCUT2D eigenvalue weighted by atomic mass is 10.1. The van der Waals surface area contributed by atoms with Crippen LogP contribution in [0.25, 0.3) is 10.9 Å². The number of nitrogens with one attached hydrogen (secondary N) is 1. The van der Waals surface area contributed by atoms with Crippen molar-refractivity contribution in [1.29, 1.82) is 5.26 Å². The molecule has 2 unspecified atom stereocenters. The zero-order valence-corrected chi connectivity index (χ0v) is 20.6. The van der Waals surface area contributed by atoms with Gasteiger partial charge in [0.1, 0.15) is 6.07 Å². The summed E-state index contributed by atoms with van der Waals surface area (Å²) < 4.78 is 6.24. The molecule has 3 N–H and O–H groups in total. The van der Waals surface area contributed by atoms with E-state index in [9.17, 15) is 15.5 Å². The Morgan fingerprint density at radius 3 is 2.83 bits per heavy atom. The van der Waals surface area contributed by atoms with Crippen molar-refractivity contribution in [3.05, 3.63) is 59.5 Å². The van der Waals surface area contributed by atoms with Gasteiger partial charge >= 0.3 is 0 Å². The van der Waals surface area contributed by atoms with E-state index >= 15 is 0 Å². The van der Waals surface area contributed by atoms with Crippen molar-refractivity contribution in [2.45, 2.75) is 44.8 Å². The third-order valence-corrected chi connectivity index (χ3v) is 6.95. The van der Waals surface area contributed by atoms with E-state index in [2.05, 4.69) is 38.1 Å². The Kier molecular flexibility index (Phi) is 7.03. The van der Waals surface area contributed by atoms with E-state index in [-0.39, 0.29) is 24.9 Å². The van der Waals surface area contributed by atoms with Crippen molar-refractivity contribution in [3.8, 4) is 6.07 Å². The monoisotopic (exact) mass is 488 g/mol. The standard InChI is InChI=1S/C27H32N6O3/c1-17-8-21(9-20(16-34)31-17)32-14-24(26(35)15-32)30-11-22-13-33(12-18(2)36-22)25-6-5-19(10-28)27-23(25)4-3-7-29-27/h3-9,18,22,24,26,30,34-35H,11-16H2,1-2H3/t18-,22+,24?,26?/m1/s1. The van der Waals surface area contributed by atoms with Gasteiger partial charge in [-0.15, -0.1) is 0 Å². The zero-order chi connectivity index (χ0) is 25.2. The van der Waals surface area contributed by atoms with Crippen LogP contribution in [0.1, 0.15) is 23.9 Å². The minimum absolute atomic E-state index is 0.0367. The van der Waals surface area contributed by atoms with Gasteiger partial charge in [-0.2, -0.15) is 5.26 Å². The molecule has 3 aromatic rings. The van der Waals surface area contributed by atoms with E-state index < -0.39 is 6.10 Å². The molecule has 9 heteroatoms. The summed E-state index contributed by atoms with van der Waals surface area (Å²) in [5.41, 5.74) is 4.78. The number of anilines is 2. The number of aliphatic hydroxyl groups is 2. The molecule has 2 fully saturated rings. The first-order valence-corrected chi connectivity index (χ1v) is 12.4. The predicted molar refractivity (Wildman–Crippen MR) is 138 cm³/mol. The van der Waals surface area contributed by atoms with E-state index in [1.54, 1.807) is 6.20 Å². The summed E-state index contributed by atoms with van der Waals surface area (Å²) in [6.45, 7) is 7.11. The van der Waals surface area contributed by atoms with Gasteiger partial charge in [0.25, 0.3) is 0 Å². The van der Waals surface area contributed by atoms with Crippen molar-refractivity contribution in [2.24, 2.45) is 0 Å². The lowest BCUT2D eigenvalue weighted by molar-refractivity contribution is -0.0170. The van der Waals surface area contributed by atoms with E-state index in [0.717, 1.165) is 34.5 Å². The number of aromatic nitrogens is 2. The summed E-state index contributed by atoms with van der Waals surface area (Å²) in [5, 5.41) is 34.2. The van der Waals surface area contributed by atoms with Crippen LogP contribution in [0.3, 0.4) is 0 Å². The minimum atomic E-state index is -0.512. The number of aliphatic hydroxyl groups excluding tert-OH is 2. The fourth-order valence-corrected chi connectivity index (χ4v) is 5.34. The highest BCUT2D eigenvalue weighted by Gasteiger charge is 2.33. The molecule has 0 radical (unpaired) electrons. The molecule has 0 spiro atoms. The second-order valence-corrected chi connectivity index (χ2v) is 9.72. The van der Waals surface area contributed by atoms with Crippen molar-refractivity contribution in [2.75, 3.05) is 42.5 Å². The average Bonchev–Trinajstić information content (AvgIpc) is 3.26. The lowest BCUT2D eigenvalue weighted by Crippen LogP contribution is -2.52. The summed E-state index contributed by atoms with van der Waals surface area (Å²) >= 11 is 0. The maximum Gasteiger partial charge on any atom is 0.101 e. The molecular formula is C27H32N6O3. The number of morpholine rings is 1. The number of hydrogen-bond donors (Lipinski definition) is 3. The molecule has 2 aliphatic rings. The minimum Gasteiger partial charge on any atom is -0.390 e.